The van der Waals surface area contributed by atoms with Crippen LogP contribution in [0, 0.1) is 17.2 Å². The van der Waals surface area contributed by atoms with Crippen LogP contribution in [0.1, 0.15) is 46.1 Å². The number of carbonyl (C=O) groups excluding carboxylic acids is 2. The second-order valence-electron chi connectivity index (χ2n) is 11.6. The number of hydrogen-bond acceptors (Lipinski definition) is 5. The summed E-state index contributed by atoms with van der Waals surface area (Å²) in [4.78, 5) is 28.5. The van der Waals surface area contributed by atoms with Crippen molar-refractivity contribution in [1.82, 2.24) is 4.90 Å². The molecule has 0 amide bonds. The summed E-state index contributed by atoms with van der Waals surface area (Å²) >= 11 is 6.09. The van der Waals surface area contributed by atoms with Gasteiger partial charge in [-0.3, -0.25) is 14.5 Å². The van der Waals surface area contributed by atoms with Gasteiger partial charge in [-0.2, -0.15) is 0 Å². The first-order chi connectivity index (χ1) is 19.3. The van der Waals surface area contributed by atoms with Gasteiger partial charge in [-0.25, -0.2) is 4.39 Å². The van der Waals surface area contributed by atoms with Gasteiger partial charge in [0.15, 0.2) is 0 Å². The molecule has 5 nitrogen and oxygen atoms in total. The van der Waals surface area contributed by atoms with Crippen molar-refractivity contribution >= 4 is 23.5 Å². The van der Waals surface area contributed by atoms with Crippen molar-refractivity contribution in [2.75, 3.05) is 26.2 Å². The quantitative estimate of drug-likeness (QED) is 0.149. The standard InChI is InChI=1S/C34H43ClFNO4/c1-8-17-37(18-9-2)24-34(7,32(39)40-19-10-3)23-26(21-31(38)41-33(4,5)6)20-25-11-13-27(14-12-25)29-22-28(35)15-16-30(29)36/h8-16,22,26H,1-3,17-21,23-24H2,4-7H3/t26-,34-/m0/s1. The maximum absolute atomic E-state index is 14.4. The fourth-order valence-corrected chi connectivity index (χ4v) is 5.10. The van der Waals surface area contributed by atoms with Crippen molar-refractivity contribution in [3.63, 3.8) is 0 Å². The highest BCUT2D eigenvalue weighted by Gasteiger charge is 2.39. The Morgan fingerprint density at radius 3 is 2.20 bits per heavy atom. The summed E-state index contributed by atoms with van der Waals surface area (Å²) in [6, 6.07) is 11.9. The van der Waals surface area contributed by atoms with E-state index in [1.165, 1.54) is 18.2 Å². The fourth-order valence-electron chi connectivity index (χ4n) is 4.93. The van der Waals surface area contributed by atoms with Gasteiger partial charge in [0, 0.05) is 36.6 Å². The summed E-state index contributed by atoms with van der Waals surface area (Å²) in [6.45, 7) is 20.3. The normalized spacial score (nSPS) is 13.6. The van der Waals surface area contributed by atoms with Gasteiger partial charge in [0.1, 0.15) is 18.0 Å². The number of nitrogens with zero attached hydrogens (tertiary/aromatic N) is 1. The first kappa shape index (κ1) is 34.0. The van der Waals surface area contributed by atoms with Gasteiger partial charge in [0.05, 0.1) is 5.41 Å². The van der Waals surface area contributed by atoms with Crippen molar-refractivity contribution in [3.05, 3.63) is 96.8 Å². The Bertz CT molecular complexity index is 1190. The van der Waals surface area contributed by atoms with Crippen LogP contribution in [0.4, 0.5) is 4.39 Å². The molecule has 0 aliphatic carbocycles. The molecule has 0 aliphatic heterocycles. The number of carbonyl (C=O) groups is 2. The lowest BCUT2D eigenvalue weighted by Gasteiger charge is -2.35. The molecule has 0 unspecified atom stereocenters. The fraction of sp³-hybridized carbons (Fsp3) is 0.412. The first-order valence-electron chi connectivity index (χ1n) is 13.8. The third-order valence-corrected chi connectivity index (χ3v) is 6.74. The van der Waals surface area contributed by atoms with E-state index in [0.717, 1.165) is 5.56 Å². The van der Waals surface area contributed by atoms with E-state index in [2.05, 4.69) is 24.6 Å². The van der Waals surface area contributed by atoms with E-state index in [-0.39, 0.29) is 36.7 Å². The van der Waals surface area contributed by atoms with Crippen LogP contribution in [-0.4, -0.2) is 48.7 Å². The minimum absolute atomic E-state index is 0.0929. The van der Waals surface area contributed by atoms with Crippen LogP contribution < -0.4 is 0 Å². The Balaban J connectivity index is 2.40. The second-order valence-corrected chi connectivity index (χ2v) is 12.0. The maximum Gasteiger partial charge on any atom is 0.313 e. The third kappa shape index (κ3) is 11.3. The number of hydrogen-bond donors (Lipinski definition) is 0. The molecule has 222 valence electrons. The number of rotatable bonds is 16. The van der Waals surface area contributed by atoms with Gasteiger partial charge in [0.25, 0.3) is 0 Å². The molecule has 0 spiro atoms. The predicted octanol–water partition coefficient (Wildman–Crippen LogP) is 7.84. The summed E-state index contributed by atoms with van der Waals surface area (Å²) in [5.41, 5.74) is 0.476. The van der Waals surface area contributed by atoms with Crippen LogP contribution in [0.15, 0.2) is 80.4 Å². The Morgan fingerprint density at radius 2 is 1.63 bits per heavy atom. The van der Waals surface area contributed by atoms with Gasteiger partial charge < -0.3 is 9.47 Å². The van der Waals surface area contributed by atoms with Gasteiger partial charge >= 0.3 is 11.9 Å². The summed E-state index contributed by atoms with van der Waals surface area (Å²) in [7, 11) is 0. The number of esters is 2. The molecular formula is C34H43ClFNO4. The molecule has 0 bridgehead atoms. The maximum atomic E-state index is 14.4. The van der Waals surface area contributed by atoms with Crippen molar-refractivity contribution < 1.29 is 23.5 Å². The highest BCUT2D eigenvalue weighted by molar-refractivity contribution is 6.30. The van der Waals surface area contributed by atoms with Crippen LogP contribution in [0.2, 0.25) is 5.02 Å². The SMILES string of the molecule is C=CCOC(=O)[C@@](C)(C[C@H](CC(=O)OC(C)(C)C)Cc1ccc(-c2cc(Cl)ccc2F)cc1)CN(CC=C)CC=C. The number of halogens is 2. The Hall–Kier alpha value is -3.22. The van der Waals surface area contributed by atoms with Crippen molar-refractivity contribution in [2.45, 2.75) is 52.6 Å². The molecule has 0 radical (unpaired) electrons. The van der Waals surface area contributed by atoms with Crippen LogP contribution in [0.3, 0.4) is 0 Å². The largest absolute Gasteiger partial charge is 0.461 e. The van der Waals surface area contributed by atoms with Crippen molar-refractivity contribution in [3.8, 4) is 11.1 Å². The Morgan fingerprint density at radius 1 is 1.00 bits per heavy atom. The zero-order valence-corrected chi connectivity index (χ0v) is 25.5. The molecule has 0 saturated carbocycles. The summed E-state index contributed by atoms with van der Waals surface area (Å²) < 4.78 is 25.6. The van der Waals surface area contributed by atoms with Crippen molar-refractivity contribution in [1.29, 1.82) is 0 Å². The lowest BCUT2D eigenvalue weighted by molar-refractivity contribution is -0.160. The van der Waals surface area contributed by atoms with Gasteiger partial charge in [-0.1, -0.05) is 60.7 Å². The highest BCUT2D eigenvalue weighted by Crippen LogP contribution is 2.34. The van der Waals surface area contributed by atoms with Gasteiger partial charge in [-0.05, 0) is 75.8 Å². The molecule has 2 rings (SSSR count). The molecule has 7 heteroatoms. The minimum Gasteiger partial charge on any atom is -0.461 e. The summed E-state index contributed by atoms with van der Waals surface area (Å²) in [5.74, 6) is -1.30. The summed E-state index contributed by atoms with van der Waals surface area (Å²) in [5, 5.41) is 0.451. The first-order valence-corrected chi connectivity index (χ1v) is 14.2. The molecular weight excluding hydrogens is 541 g/mol. The smallest absolute Gasteiger partial charge is 0.313 e. The Labute approximate surface area is 249 Å². The van der Waals surface area contributed by atoms with Crippen molar-refractivity contribution in [2.24, 2.45) is 11.3 Å². The van der Waals surface area contributed by atoms with E-state index in [9.17, 15) is 14.0 Å². The van der Waals surface area contributed by atoms with Crippen LogP contribution in [0.25, 0.3) is 11.1 Å². The molecule has 41 heavy (non-hydrogen) atoms. The molecule has 2 aromatic rings. The van der Waals surface area contributed by atoms with Crippen LogP contribution in [-0.2, 0) is 25.5 Å². The molecule has 0 N–H and O–H groups in total. The number of ether oxygens (including phenoxy) is 2. The molecule has 2 aromatic carbocycles. The zero-order valence-electron chi connectivity index (χ0n) is 24.8. The monoisotopic (exact) mass is 583 g/mol. The zero-order chi connectivity index (χ0) is 30.6. The Kier molecular flexibility index (Phi) is 13.0. The lowest BCUT2D eigenvalue weighted by atomic mass is 9.77. The third-order valence-electron chi connectivity index (χ3n) is 6.50. The second kappa shape index (κ2) is 15.7. The van der Waals surface area contributed by atoms with E-state index < -0.39 is 11.0 Å². The van der Waals surface area contributed by atoms with Gasteiger partial charge in [-0.15, -0.1) is 13.2 Å². The van der Waals surface area contributed by atoms with E-state index >= 15 is 0 Å². The van der Waals surface area contributed by atoms with Crippen LogP contribution in [0.5, 0.6) is 0 Å². The average molecular weight is 584 g/mol. The van der Waals surface area contributed by atoms with Crippen LogP contribution >= 0.6 is 11.6 Å². The molecule has 2 atom stereocenters. The lowest BCUT2D eigenvalue weighted by Crippen LogP contribution is -2.44. The van der Waals surface area contributed by atoms with E-state index in [4.69, 9.17) is 21.1 Å². The molecule has 0 aliphatic rings. The summed E-state index contributed by atoms with van der Waals surface area (Å²) in [6.07, 6.45) is 6.09. The average Bonchev–Trinajstić information content (AvgIpc) is 2.88. The molecule has 0 fully saturated rings. The molecule has 0 aromatic heterocycles. The minimum atomic E-state index is -0.939. The van der Waals surface area contributed by atoms with E-state index in [1.807, 2.05) is 52.0 Å². The van der Waals surface area contributed by atoms with E-state index in [1.54, 1.807) is 18.2 Å². The molecule has 0 heterocycles. The number of benzene rings is 2. The van der Waals surface area contributed by atoms with Gasteiger partial charge in [0.2, 0.25) is 0 Å². The topological polar surface area (TPSA) is 55.8 Å². The van der Waals surface area contributed by atoms with E-state index in [0.29, 0.717) is 48.6 Å². The molecule has 0 saturated heterocycles. The highest BCUT2D eigenvalue weighted by atomic mass is 35.5. The predicted molar refractivity (Wildman–Crippen MR) is 165 cm³/mol.